The van der Waals surface area contributed by atoms with Crippen molar-refractivity contribution in [2.75, 3.05) is 0 Å². The number of aryl methyl sites for hydroxylation is 1. The molecule has 0 unspecified atom stereocenters. The molecule has 0 saturated heterocycles. The molecule has 2 aromatic rings. The molecule has 1 heterocycles. The Kier molecular flexibility index (Phi) is 2.68. The molecule has 2 rings (SSSR count). The summed E-state index contributed by atoms with van der Waals surface area (Å²) >= 11 is 0. The maximum Gasteiger partial charge on any atom is 0.312 e. The molecule has 0 aliphatic rings. The first-order valence-corrected chi connectivity index (χ1v) is 4.77. The summed E-state index contributed by atoms with van der Waals surface area (Å²) in [6.07, 6.45) is -0.251. The Morgan fingerprint density at radius 3 is 2.81 bits per heavy atom. The van der Waals surface area contributed by atoms with E-state index in [9.17, 15) is 4.79 Å². The van der Waals surface area contributed by atoms with E-state index in [1.54, 1.807) is 0 Å². The number of carboxylic acid groups (broad SMARTS) is 1. The maximum absolute atomic E-state index is 10.5. The Labute approximate surface area is 91.7 Å². The van der Waals surface area contributed by atoms with Gasteiger partial charge in [0.15, 0.2) is 0 Å². The number of hydrogen-bond acceptors (Lipinski definition) is 4. The van der Waals surface area contributed by atoms with E-state index in [2.05, 4.69) is 10.2 Å². The van der Waals surface area contributed by atoms with Crippen LogP contribution in [-0.2, 0) is 11.2 Å². The minimum atomic E-state index is -0.986. The molecule has 0 radical (unpaired) electrons. The molecule has 1 aromatic heterocycles. The summed E-state index contributed by atoms with van der Waals surface area (Å²) in [5.41, 5.74) is 1.83. The molecule has 0 saturated carbocycles. The fourth-order valence-corrected chi connectivity index (χ4v) is 1.38. The first-order chi connectivity index (χ1) is 7.66. The Morgan fingerprint density at radius 2 is 2.12 bits per heavy atom. The lowest BCUT2D eigenvalue weighted by Crippen LogP contribution is -1.99. The van der Waals surface area contributed by atoms with E-state index in [0.29, 0.717) is 5.89 Å². The Balaban J connectivity index is 2.32. The zero-order valence-electron chi connectivity index (χ0n) is 8.67. The van der Waals surface area contributed by atoms with Gasteiger partial charge in [-0.05, 0) is 18.6 Å². The predicted octanol–water partition coefficient (Wildman–Crippen LogP) is 1.67. The van der Waals surface area contributed by atoms with Crippen molar-refractivity contribution in [1.82, 2.24) is 10.2 Å². The molecule has 0 fully saturated rings. The van der Waals surface area contributed by atoms with E-state index in [-0.39, 0.29) is 12.3 Å². The van der Waals surface area contributed by atoms with Gasteiger partial charge in [-0.15, -0.1) is 10.2 Å². The summed E-state index contributed by atoms with van der Waals surface area (Å²) in [5.74, 6) is -0.514. The number of aromatic nitrogens is 2. The third-order valence-electron chi connectivity index (χ3n) is 2.14. The van der Waals surface area contributed by atoms with Gasteiger partial charge < -0.3 is 9.52 Å². The van der Waals surface area contributed by atoms with E-state index in [1.807, 2.05) is 31.2 Å². The molecular formula is C11H10N2O3. The van der Waals surface area contributed by atoms with Crippen LogP contribution in [0.15, 0.2) is 28.7 Å². The van der Waals surface area contributed by atoms with Crippen LogP contribution in [0.2, 0.25) is 0 Å². The van der Waals surface area contributed by atoms with Gasteiger partial charge >= 0.3 is 5.97 Å². The molecular weight excluding hydrogens is 208 g/mol. The fraction of sp³-hybridized carbons (Fsp3) is 0.182. The number of aliphatic carboxylic acids is 1. The zero-order chi connectivity index (χ0) is 11.5. The largest absolute Gasteiger partial charge is 0.481 e. The molecule has 0 aliphatic carbocycles. The van der Waals surface area contributed by atoms with Crippen molar-refractivity contribution in [1.29, 1.82) is 0 Å². The standard InChI is InChI=1S/C11H10N2O3/c1-7-4-2-3-5-8(7)11-13-12-9(16-11)6-10(14)15/h2-5H,6H2,1H3,(H,14,15). The van der Waals surface area contributed by atoms with Crippen LogP contribution >= 0.6 is 0 Å². The molecule has 0 aliphatic heterocycles. The quantitative estimate of drug-likeness (QED) is 0.847. The van der Waals surface area contributed by atoms with Crippen LogP contribution in [0.25, 0.3) is 11.5 Å². The number of hydrogen-bond donors (Lipinski definition) is 1. The van der Waals surface area contributed by atoms with Gasteiger partial charge in [0, 0.05) is 5.56 Å². The third-order valence-corrected chi connectivity index (χ3v) is 2.14. The first-order valence-electron chi connectivity index (χ1n) is 4.77. The van der Waals surface area contributed by atoms with Crippen LogP contribution in [0.1, 0.15) is 11.5 Å². The Morgan fingerprint density at radius 1 is 1.38 bits per heavy atom. The van der Waals surface area contributed by atoms with Gasteiger partial charge in [-0.25, -0.2) is 0 Å². The van der Waals surface area contributed by atoms with Crippen molar-refractivity contribution >= 4 is 5.97 Å². The lowest BCUT2D eigenvalue weighted by Gasteiger charge is -1.98. The van der Waals surface area contributed by atoms with Crippen molar-refractivity contribution in [3.05, 3.63) is 35.7 Å². The van der Waals surface area contributed by atoms with E-state index < -0.39 is 5.97 Å². The molecule has 1 aromatic carbocycles. The summed E-state index contributed by atoms with van der Waals surface area (Å²) in [6.45, 7) is 1.93. The third kappa shape index (κ3) is 2.08. The summed E-state index contributed by atoms with van der Waals surface area (Å²) in [5, 5.41) is 16.1. The second-order valence-electron chi connectivity index (χ2n) is 3.39. The molecule has 82 valence electrons. The topological polar surface area (TPSA) is 76.2 Å². The SMILES string of the molecule is Cc1ccccc1-c1nnc(CC(=O)O)o1. The highest BCUT2D eigenvalue weighted by molar-refractivity contribution is 5.69. The van der Waals surface area contributed by atoms with Crippen molar-refractivity contribution in [2.45, 2.75) is 13.3 Å². The van der Waals surface area contributed by atoms with Crippen molar-refractivity contribution in [2.24, 2.45) is 0 Å². The van der Waals surface area contributed by atoms with Gasteiger partial charge in [0.1, 0.15) is 6.42 Å². The lowest BCUT2D eigenvalue weighted by molar-refractivity contribution is -0.136. The average molecular weight is 218 g/mol. The highest BCUT2D eigenvalue weighted by Crippen LogP contribution is 2.21. The summed E-state index contributed by atoms with van der Waals surface area (Å²) in [4.78, 5) is 10.5. The smallest absolute Gasteiger partial charge is 0.312 e. The van der Waals surface area contributed by atoms with Gasteiger partial charge in [-0.3, -0.25) is 4.79 Å². The number of carbonyl (C=O) groups is 1. The summed E-state index contributed by atoms with van der Waals surface area (Å²) in [7, 11) is 0. The summed E-state index contributed by atoms with van der Waals surface area (Å²) in [6, 6.07) is 7.56. The first kappa shape index (κ1) is 10.4. The predicted molar refractivity (Wildman–Crippen MR) is 55.8 cm³/mol. The molecule has 0 atom stereocenters. The highest BCUT2D eigenvalue weighted by Gasteiger charge is 2.12. The van der Waals surface area contributed by atoms with Crippen LogP contribution in [-0.4, -0.2) is 21.3 Å². The van der Waals surface area contributed by atoms with Crippen molar-refractivity contribution in [3.8, 4) is 11.5 Å². The minimum absolute atomic E-state index is 0.116. The Bertz CT molecular complexity index is 519. The monoisotopic (exact) mass is 218 g/mol. The number of nitrogens with zero attached hydrogens (tertiary/aromatic N) is 2. The van der Waals surface area contributed by atoms with E-state index >= 15 is 0 Å². The molecule has 16 heavy (non-hydrogen) atoms. The number of rotatable bonds is 3. The second-order valence-corrected chi connectivity index (χ2v) is 3.39. The number of benzene rings is 1. The lowest BCUT2D eigenvalue weighted by atomic mass is 10.1. The van der Waals surface area contributed by atoms with E-state index in [1.165, 1.54) is 0 Å². The van der Waals surface area contributed by atoms with Gasteiger partial charge in [0.25, 0.3) is 0 Å². The van der Waals surface area contributed by atoms with E-state index in [0.717, 1.165) is 11.1 Å². The molecule has 1 N–H and O–H groups in total. The molecule has 0 spiro atoms. The second kappa shape index (κ2) is 4.14. The average Bonchev–Trinajstić information content (AvgIpc) is 2.66. The van der Waals surface area contributed by atoms with Gasteiger partial charge in [0.05, 0.1) is 0 Å². The highest BCUT2D eigenvalue weighted by atomic mass is 16.4. The van der Waals surface area contributed by atoms with Crippen LogP contribution in [0.3, 0.4) is 0 Å². The molecule has 0 amide bonds. The van der Waals surface area contributed by atoms with Gasteiger partial charge in [-0.2, -0.15) is 0 Å². The fourth-order valence-electron chi connectivity index (χ4n) is 1.38. The minimum Gasteiger partial charge on any atom is -0.481 e. The number of carboxylic acids is 1. The zero-order valence-corrected chi connectivity index (χ0v) is 8.67. The Hall–Kier alpha value is -2.17. The van der Waals surface area contributed by atoms with Gasteiger partial charge in [-0.1, -0.05) is 18.2 Å². The normalized spacial score (nSPS) is 10.3. The summed E-state index contributed by atoms with van der Waals surface area (Å²) < 4.78 is 5.26. The van der Waals surface area contributed by atoms with Crippen LogP contribution in [0.5, 0.6) is 0 Å². The van der Waals surface area contributed by atoms with Crippen molar-refractivity contribution < 1.29 is 14.3 Å². The molecule has 5 nitrogen and oxygen atoms in total. The van der Waals surface area contributed by atoms with Crippen molar-refractivity contribution in [3.63, 3.8) is 0 Å². The van der Waals surface area contributed by atoms with Crippen LogP contribution in [0.4, 0.5) is 0 Å². The van der Waals surface area contributed by atoms with Gasteiger partial charge in [0.2, 0.25) is 11.8 Å². The van der Waals surface area contributed by atoms with E-state index in [4.69, 9.17) is 9.52 Å². The van der Waals surface area contributed by atoms with Crippen LogP contribution < -0.4 is 0 Å². The molecule has 0 bridgehead atoms. The molecule has 5 heteroatoms. The maximum atomic E-state index is 10.5. The van der Waals surface area contributed by atoms with Crippen LogP contribution in [0, 0.1) is 6.92 Å².